The maximum absolute atomic E-state index is 14.4. The first-order chi connectivity index (χ1) is 16.7. The zero-order valence-corrected chi connectivity index (χ0v) is 20.4. The lowest BCUT2D eigenvalue weighted by Gasteiger charge is -2.15. The third-order valence-corrected chi connectivity index (χ3v) is 5.25. The van der Waals surface area contributed by atoms with E-state index < -0.39 is 11.8 Å². The number of allylic oxidation sites excluding steroid dienone is 1. The van der Waals surface area contributed by atoms with Gasteiger partial charge in [-0.15, -0.1) is 0 Å². The van der Waals surface area contributed by atoms with Gasteiger partial charge in [-0.25, -0.2) is 14.2 Å². The van der Waals surface area contributed by atoms with Gasteiger partial charge in [-0.3, -0.25) is 0 Å². The number of H-pyrrole nitrogens is 1. The predicted molar refractivity (Wildman–Crippen MR) is 135 cm³/mol. The van der Waals surface area contributed by atoms with Gasteiger partial charge in [-0.05, 0) is 56.9 Å². The van der Waals surface area contributed by atoms with Crippen molar-refractivity contribution in [2.45, 2.75) is 6.42 Å². The summed E-state index contributed by atoms with van der Waals surface area (Å²) in [4.78, 5) is 21.1. The van der Waals surface area contributed by atoms with E-state index in [-0.39, 0.29) is 22.8 Å². The lowest BCUT2D eigenvalue weighted by Crippen LogP contribution is -2.17. The molecule has 0 aliphatic rings. The third-order valence-electron chi connectivity index (χ3n) is 5.02. The number of nitrogens with two attached hydrogens (primary N) is 2. The summed E-state index contributed by atoms with van der Waals surface area (Å²) < 4.78 is 24.9. The van der Waals surface area contributed by atoms with Crippen LogP contribution in [0.2, 0.25) is 5.02 Å². The standard InChI is InChI=1S/C24H28ClFN6O3/c1-32(2)9-4-10-35-22(28)20(13-18(27)15-11-14(25)5-6-17(15)26)30-19-7-8-29-23-16(19)12-21(31-23)24(33)34-3/h5-8,11-13H,4,9-10,27-28H2,1-3H3,(H2,29,30,31)/b18-13-,22-20-. The number of carbonyl (C=O) groups is 1. The van der Waals surface area contributed by atoms with Crippen LogP contribution in [-0.4, -0.2) is 55.2 Å². The fraction of sp³-hybridized carbons (Fsp3) is 0.250. The van der Waals surface area contributed by atoms with Gasteiger partial charge in [0.2, 0.25) is 5.88 Å². The molecule has 0 bridgehead atoms. The molecule has 2 heterocycles. The van der Waals surface area contributed by atoms with Crippen LogP contribution in [-0.2, 0) is 9.47 Å². The molecule has 0 radical (unpaired) electrons. The van der Waals surface area contributed by atoms with E-state index in [4.69, 9.17) is 32.5 Å². The van der Waals surface area contributed by atoms with E-state index in [2.05, 4.69) is 15.3 Å². The number of benzene rings is 1. The Morgan fingerprint density at radius 1 is 1.29 bits per heavy atom. The van der Waals surface area contributed by atoms with Gasteiger partial charge in [0.15, 0.2) is 0 Å². The molecule has 3 aromatic rings. The molecule has 6 N–H and O–H groups in total. The molecule has 0 amide bonds. The van der Waals surface area contributed by atoms with Crippen molar-refractivity contribution in [2.24, 2.45) is 11.5 Å². The van der Waals surface area contributed by atoms with Crippen molar-refractivity contribution in [3.05, 3.63) is 76.3 Å². The summed E-state index contributed by atoms with van der Waals surface area (Å²) in [7, 11) is 5.21. The Bertz CT molecular complexity index is 1270. The zero-order chi connectivity index (χ0) is 25.5. The number of rotatable bonds is 10. The van der Waals surface area contributed by atoms with Gasteiger partial charge in [0.05, 0.1) is 19.4 Å². The van der Waals surface area contributed by atoms with Crippen LogP contribution in [0.15, 0.2) is 54.2 Å². The molecule has 0 fully saturated rings. The number of nitrogens with one attached hydrogen (secondary N) is 2. The van der Waals surface area contributed by atoms with E-state index in [9.17, 15) is 9.18 Å². The van der Waals surface area contributed by atoms with Gasteiger partial charge in [0.1, 0.15) is 22.9 Å². The van der Waals surface area contributed by atoms with E-state index in [0.29, 0.717) is 34.0 Å². The minimum Gasteiger partial charge on any atom is -0.478 e. The molecule has 0 aliphatic heterocycles. The van der Waals surface area contributed by atoms with Crippen LogP contribution >= 0.6 is 11.6 Å². The van der Waals surface area contributed by atoms with Gasteiger partial charge in [-0.1, -0.05) is 11.6 Å². The first kappa shape index (κ1) is 25.9. The van der Waals surface area contributed by atoms with E-state index >= 15 is 0 Å². The van der Waals surface area contributed by atoms with Crippen molar-refractivity contribution in [3.63, 3.8) is 0 Å². The third kappa shape index (κ3) is 6.65. The summed E-state index contributed by atoms with van der Waals surface area (Å²) in [5, 5.41) is 4.11. The highest BCUT2D eigenvalue weighted by atomic mass is 35.5. The van der Waals surface area contributed by atoms with Gasteiger partial charge in [0.25, 0.3) is 0 Å². The molecule has 0 saturated heterocycles. The summed E-state index contributed by atoms with van der Waals surface area (Å²) >= 11 is 6.03. The minimum atomic E-state index is -0.535. The predicted octanol–water partition coefficient (Wildman–Crippen LogP) is 3.65. The summed E-state index contributed by atoms with van der Waals surface area (Å²) in [6, 6.07) is 7.39. The molecule has 0 saturated carbocycles. The van der Waals surface area contributed by atoms with Crippen LogP contribution in [0.3, 0.4) is 0 Å². The monoisotopic (exact) mass is 502 g/mol. The van der Waals surface area contributed by atoms with Crippen molar-refractivity contribution in [3.8, 4) is 0 Å². The molecule has 11 heteroatoms. The summed E-state index contributed by atoms with van der Waals surface area (Å²) in [5.74, 6) is -1.01. The normalized spacial score (nSPS) is 12.6. The largest absolute Gasteiger partial charge is 0.478 e. The van der Waals surface area contributed by atoms with Gasteiger partial charge < -0.3 is 36.1 Å². The number of fused-ring (bicyclic) bond motifs is 1. The highest BCUT2D eigenvalue weighted by molar-refractivity contribution is 6.30. The molecule has 0 atom stereocenters. The zero-order valence-electron chi connectivity index (χ0n) is 19.7. The van der Waals surface area contributed by atoms with Crippen molar-refractivity contribution in [2.75, 3.05) is 39.7 Å². The van der Waals surface area contributed by atoms with Crippen molar-refractivity contribution in [1.29, 1.82) is 0 Å². The van der Waals surface area contributed by atoms with E-state index in [1.807, 2.05) is 19.0 Å². The Morgan fingerprint density at radius 3 is 2.77 bits per heavy atom. The van der Waals surface area contributed by atoms with Gasteiger partial charge in [0, 0.05) is 34.4 Å². The second-order valence-electron chi connectivity index (χ2n) is 7.93. The lowest BCUT2D eigenvalue weighted by atomic mass is 10.1. The number of ether oxygens (including phenoxy) is 2. The number of hydrogen-bond donors (Lipinski definition) is 4. The van der Waals surface area contributed by atoms with E-state index in [0.717, 1.165) is 13.0 Å². The Kier molecular flexibility index (Phi) is 8.56. The smallest absolute Gasteiger partial charge is 0.354 e. The van der Waals surface area contributed by atoms with Crippen molar-refractivity contribution < 1.29 is 18.7 Å². The number of aromatic amines is 1. The maximum atomic E-state index is 14.4. The number of carbonyl (C=O) groups excluding carboxylic acids is 1. The average Bonchev–Trinajstić information content (AvgIpc) is 3.27. The van der Waals surface area contributed by atoms with Crippen molar-refractivity contribution >= 4 is 40.0 Å². The van der Waals surface area contributed by atoms with Crippen LogP contribution in [0.5, 0.6) is 0 Å². The number of pyridine rings is 1. The van der Waals surface area contributed by atoms with Gasteiger partial charge >= 0.3 is 5.97 Å². The van der Waals surface area contributed by atoms with Crippen LogP contribution in [0.1, 0.15) is 22.5 Å². The summed E-state index contributed by atoms with van der Waals surface area (Å²) in [5.41, 5.74) is 14.2. The van der Waals surface area contributed by atoms with Crippen LogP contribution in [0.4, 0.5) is 10.1 Å². The Labute approximate surface area is 207 Å². The van der Waals surface area contributed by atoms with E-state index in [1.54, 1.807) is 18.3 Å². The highest BCUT2D eigenvalue weighted by Crippen LogP contribution is 2.26. The number of anilines is 1. The molecule has 2 aromatic heterocycles. The fourth-order valence-corrected chi connectivity index (χ4v) is 3.43. The fourth-order valence-electron chi connectivity index (χ4n) is 3.26. The Hall–Kier alpha value is -3.76. The number of nitrogens with zero attached hydrogens (tertiary/aromatic N) is 2. The highest BCUT2D eigenvalue weighted by Gasteiger charge is 2.15. The first-order valence-electron chi connectivity index (χ1n) is 10.7. The topological polar surface area (TPSA) is 132 Å². The number of aromatic nitrogens is 2. The van der Waals surface area contributed by atoms with Crippen molar-refractivity contribution in [1.82, 2.24) is 14.9 Å². The van der Waals surface area contributed by atoms with Crippen LogP contribution < -0.4 is 16.8 Å². The molecule has 0 spiro atoms. The Morgan fingerprint density at radius 2 is 2.06 bits per heavy atom. The number of methoxy groups -OCH3 is 1. The molecule has 1 aromatic carbocycles. The number of esters is 1. The molecule has 35 heavy (non-hydrogen) atoms. The van der Waals surface area contributed by atoms with Gasteiger partial charge in [-0.2, -0.15) is 0 Å². The molecular formula is C24H28ClFN6O3. The molecule has 0 unspecified atom stereocenters. The minimum absolute atomic E-state index is 0.0582. The van der Waals surface area contributed by atoms with Crippen LogP contribution in [0, 0.1) is 5.82 Å². The first-order valence-corrected chi connectivity index (χ1v) is 11.1. The average molecular weight is 503 g/mol. The SMILES string of the molecule is COC(=O)c1cc2c(NC(/C=C(\N)c3cc(Cl)ccc3F)=C(/N)OCCCN(C)C)ccnc2[nH]1. The van der Waals surface area contributed by atoms with E-state index in [1.165, 1.54) is 31.4 Å². The lowest BCUT2D eigenvalue weighted by molar-refractivity contribution is 0.0595. The molecular weight excluding hydrogens is 475 g/mol. The maximum Gasteiger partial charge on any atom is 0.354 e. The number of hydrogen-bond acceptors (Lipinski definition) is 8. The quantitative estimate of drug-likeness (QED) is 0.143. The number of halogens is 2. The summed E-state index contributed by atoms with van der Waals surface area (Å²) in [6.07, 6.45) is 3.76. The Balaban J connectivity index is 2.00. The molecule has 0 aliphatic carbocycles. The molecule has 3 rings (SSSR count). The summed E-state index contributed by atoms with van der Waals surface area (Å²) in [6.45, 7) is 1.17. The second-order valence-corrected chi connectivity index (χ2v) is 8.36. The second kappa shape index (κ2) is 11.6. The molecule has 186 valence electrons. The van der Waals surface area contributed by atoms with Crippen LogP contribution in [0.25, 0.3) is 16.7 Å². The molecule has 9 nitrogen and oxygen atoms in total.